The zero-order valence-electron chi connectivity index (χ0n) is 12.5. The van der Waals surface area contributed by atoms with Gasteiger partial charge in [0.25, 0.3) is 0 Å². The molecule has 0 aliphatic rings. The normalized spacial score (nSPS) is 15.1. The number of hydrogen-bond donors (Lipinski definition) is 2. The van der Waals surface area contributed by atoms with Crippen LogP contribution in [0, 0.1) is 5.92 Å². The Morgan fingerprint density at radius 1 is 1.22 bits per heavy atom. The Bertz CT molecular complexity index is 268. The number of aliphatic hydroxyl groups excluding tert-OH is 1. The highest BCUT2D eigenvalue weighted by Crippen LogP contribution is 2.19. The first-order valence-corrected chi connectivity index (χ1v) is 6.94. The van der Waals surface area contributed by atoms with Crippen LogP contribution in [0.4, 0.5) is 0 Å². The van der Waals surface area contributed by atoms with E-state index in [1.807, 2.05) is 19.1 Å². The molecule has 0 aliphatic carbocycles. The molecule has 0 aromatic heterocycles. The highest BCUT2D eigenvalue weighted by atomic mass is 16.5. The van der Waals surface area contributed by atoms with Crippen LogP contribution in [0.25, 0.3) is 0 Å². The first kappa shape index (κ1) is 17.2. The Hall–Kier alpha value is -0.800. The summed E-state index contributed by atoms with van der Waals surface area (Å²) in [7, 11) is 1.71. The van der Waals surface area contributed by atoms with Gasteiger partial charge in [-0.1, -0.05) is 26.8 Å². The van der Waals surface area contributed by atoms with E-state index in [0.717, 1.165) is 37.1 Å². The van der Waals surface area contributed by atoms with Crippen LogP contribution in [-0.2, 0) is 4.74 Å². The van der Waals surface area contributed by atoms with Crippen LogP contribution in [0.3, 0.4) is 0 Å². The van der Waals surface area contributed by atoms with E-state index in [4.69, 9.17) is 4.74 Å². The van der Waals surface area contributed by atoms with Gasteiger partial charge in [-0.3, -0.25) is 5.32 Å². The molecule has 2 N–H and O–H groups in total. The van der Waals surface area contributed by atoms with Crippen molar-refractivity contribution in [2.24, 2.45) is 5.92 Å². The molecule has 106 valence electrons. The second-order valence-corrected chi connectivity index (χ2v) is 4.55. The average Bonchev–Trinajstić information content (AvgIpc) is 2.40. The summed E-state index contributed by atoms with van der Waals surface area (Å²) in [5.74, 6) is 1.45. The van der Waals surface area contributed by atoms with E-state index < -0.39 is 6.23 Å². The maximum Gasteiger partial charge on any atom is 0.127 e. The summed E-state index contributed by atoms with van der Waals surface area (Å²) in [6, 6.07) is 0. The molecule has 0 aromatic carbocycles. The Balaban J connectivity index is 4.61. The topological polar surface area (TPSA) is 41.5 Å². The van der Waals surface area contributed by atoms with Crippen LogP contribution in [0.15, 0.2) is 23.5 Å². The lowest BCUT2D eigenvalue weighted by Gasteiger charge is -2.16. The van der Waals surface area contributed by atoms with Crippen LogP contribution in [0.1, 0.15) is 47.0 Å². The summed E-state index contributed by atoms with van der Waals surface area (Å²) in [6.45, 7) is 9.14. The average molecular weight is 255 g/mol. The molecule has 0 aromatic rings. The van der Waals surface area contributed by atoms with E-state index in [9.17, 15) is 5.11 Å². The fourth-order valence-corrected chi connectivity index (χ4v) is 1.81. The van der Waals surface area contributed by atoms with Gasteiger partial charge in [-0.2, -0.15) is 0 Å². The third-order valence-electron chi connectivity index (χ3n) is 3.15. The summed E-state index contributed by atoms with van der Waals surface area (Å²) < 4.78 is 5.42. The van der Waals surface area contributed by atoms with Crippen molar-refractivity contribution in [3.8, 4) is 0 Å². The van der Waals surface area contributed by atoms with Gasteiger partial charge in [-0.25, -0.2) is 0 Å². The maximum absolute atomic E-state index is 9.84. The van der Waals surface area contributed by atoms with Gasteiger partial charge in [-0.05, 0) is 44.4 Å². The lowest BCUT2D eigenvalue weighted by atomic mass is 10.0. The standard InChI is InChI=1S/C15H29NO2/c1-6-11-16-15(17)12(4)9-10-14(18-5)13(7-2)8-3/h9-10,13,15-17H,6-8,11H2,1-5H3/b12-9+,14-10+/t15-/m1/s1. The highest BCUT2D eigenvalue weighted by Gasteiger charge is 2.10. The van der Waals surface area contributed by atoms with Gasteiger partial charge in [0.1, 0.15) is 6.23 Å². The first-order chi connectivity index (χ1) is 8.60. The van der Waals surface area contributed by atoms with E-state index in [1.165, 1.54) is 0 Å². The number of nitrogens with one attached hydrogen (secondary N) is 1. The van der Waals surface area contributed by atoms with E-state index >= 15 is 0 Å². The SMILES string of the molecule is CCCN[C@H](O)/C(C)=C/C=C(/OC)C(CC)CC. The fraction of sp³-hybridized carbons (Fsp3) is 0.733. The van der Waals surface area contributed by atoms with E-state index in [-0.39, 0.29) is 0 Å². The van der Waals surface area contributed by atoms with Crippen molar-refractivity contribution in [2.45, 2.75) is 53.2 Å². The van der Waals surface area contributed by atoms with Crippen molar-refractivity contribution in [1.82, 2.24) is 5.32 Å². The van der Waals surface area contributed by atoms with E-state index in [2.05, 4.69) is 26.1 Å². The van der Waals surface area contributed by atoms with Crippen LogP contribution in [0.5, 0.6) is 0 Å². The predicted molar refractivity (Wildman–Crippen MR) is 77.2 cm³/mol. The molecule has 18 heavy (non-hydrogen) atoms. The Labute approximate surface area is 112 Å². The van der Waals surface area contributed by atoms with Crippen molar-refractivity contribution >= 4 is 0 Å². The van der Waals surface area contributed by atoms with Crippen LogP contribution < -0.4 is 5.32 Å². The number of methoxy groups -OCH3 is 1. The van der Waals surface area contributed by atoms with E-state index in [0.29, 0.717) is 5.92 Å². The smallest absolute Gasteiger partial charge is 0.127 e. The number of hydrogen-bond acceptors (Lipinski definition) is 3. The van der Waals surface area contributed by atoms with Crippen molar-refractivity contribution in [3.05, 3.63) is 23.5 Å². The maximum atomic E-state index is 9.84. The van der Waals surface area contributed by atoms with Gasteiger partial charge in [-0.15, -0.1) is 0 Å². The zero-order valence-corrected chi connectivity index (χ0v) is 12.5. The molecule has 0 fully saturated rings. The van der Waals surface area contributed by atoms with E-state index in [1.54, 1.807) is 7.11 Å². The number of ether oxygens (including phenoxy) is 1. The molecule has 0 rings (SSSR count). The number of allylic oxidation sites excluding steroid dienone is 3. The van der Waals surface area contributed by atoms with Crippen LogP contribution in [-0.4, -0.2) is 25.0 Å². The van der Waals surface area contributed by atoms with Crippen molar-refractivity contribution < 1.29 is 9.84 Å². The summed E-state index contributed by atoms with van der Waals surface area (Å²) in [5, 5.41) is 12.9. The first-order valence-electron chi connectivity index (χ1n) is 6.94. The summed E-state index contributed by atoms with van der Waals surface area (Å²) in [4.78, 5) is 0. The van der Waals surface area contributed by atoms with Crippen LogP contribution >= 0.6 is 0 Å². The molecule has 3 heteroatoms. The molecule has 0 unspecified atom stereocenters. The second kappa shape index (κ2) is 10.2. The third-order valence-corrected chi connectivity index (χ3v) is 3.15. The van der Waals surface area contributed by atoms with Gasteiger partial charge in [0.05, 0.1) is 12.9 Å². The van der Waals surface area contributed by atoms with Crippen molar-refractivity contribution in [1.29, 1.82) is 0 Å². The molecule has 0 spiro atoms. The number of aliphatic hydroxyl groups is 1. The molecule has 0 saturated heterocycles. The predicted octanol–water partition coefficient (Wildman–Crippen LogP) is 3.22. The van der Waals surface area contributed by atoms with Gasteiger partial charge in [0.2, 0.25) is 0 Å². The third kappa shape index (κ3) is 6.22. The summed E-state index contributed by atoms with van der Waals surface area (Å²) in [6.07, 6.45) is 6.49. The molecule has 1 atom stereocenters. The van der Waals surface area contributed by atoms with Crippen molar-refractivity contribution in [3.63, 3.8) is 0 Å². The second-order valence-electron chi connectivity index (χ2n) is 4.55. The lowest BCUT2D eigenvalue weighted by Crippen LogP contribution is -2.30. The molecule has 0 bridgehead atoms. The summed E-state index contributed by atoms with van der Waals surface area (Å²) >= 11 is 0. The molecular weight excluding hydrogens is 226 g/mol. The quantitative estimate of drug-likeness (QED) is 0.377. The van der Waals surface area contributed by atoms with Gasteiger partial charge >= 0.3 is 0 Å². The molecule has 0 heterocycles. The minimum Gasteiger partial charge on any atom is -0.501 e. The monoisotopic (exact) mass is 255 g/mol. The minimum atomic E-state index is -0.569. The molecule has 0 saturated carbocycles. The molecule has 0 radical (unpaired) electrons. The lowest BCUT2D eigenvalue weighted by molar-refractivity contribution is 0.173. The van der Waals surface area contributed by atoms with Gasteiger partial charge in [0.15, 0.2) is 0 Å². The zero-order chi connectivity index (χ0) is 14.0. The van der Waals surface area contributed by atoms with Crippen molar-refractivity contribution in [2.75, 3.05) is 13.7 Å². The Morgan fingerprint density at radius 2 is 1.83 bits per heavy atom. The molecule has 3 nitrogen and oxygen atoms in total. The fourth-order valence-electron chi connectivity index (χ4n) is 1.81. The Morgan fingerprint density at radius 3 is 2.28 bits per heavy atom. The Kier molecular flexibility index (Phi) is 9.70. The number of rotatable bonds is 9. The minimum absolute atomic E-state index is 0.458. The van der Waals surface area contributed by atoms with Gasteiger partial charge in [0, 0.05) is 5.92 Å². The largest absolute Gasteiger partial charge is 0.501 e. The van der Waals surface area contributed by atoms with Gasteiger partial charge < -0.3 is 9.84 Å². The molecular formula is C15H29NO2. The van der Waals surface area contributed by atoms with Crippen LogP contribution in [0.2, 0.25) is 0 Å². The molecule has 0 amide bonds. The highest BCUT2D eigenvalue weighted by molar-refractivity contribution is 5.17. The summed E-state index contributed by atoms with van der Waals surface area (Å²) in [5.41, 5.74) is 0.906. The molecule has 0 aliphatic heterocycles.